The van der Waals surface area contributed by atoms with Crippen molar-refractivity contribution in [2.24, 2.45) is 0 Å². The highest BCUT2D eigenvalue weighted by atomic mass is 16.5. The van der Waals surface area contributed by atoms with Crippen LogP contribution in [-0.2, 0) is 4.74 Å². The van der Waals surface area contributed by atoms with Gasteiger partial charge < -0.3 is 9.64 Å². The fourth-order valence-electron chi connectivity index (χ4n) is 2.02. The summed E-state index contributed by atoms with van der Waals surface area (Å²) in [6.45, 7) is 0. The lowest BCUT2D eigenvalue weighted by Gasteiger charge is -2.22. The molecule has 0 aliphatic heterocycles. The lowest BCUT2D eigenvalue weighted by molar-refractivity contribution is 0.170. The normalized spacial score (nSPS) is 27.4. The molecule has 0 fully saturated rings. The molecule has 16 heavy (non-hydrogen) atoms. The molecule has 0 bridgehead atoms. The molecule has 0 N–H and O–H groups in total. The van der Waals surface area contributed by atoms with E-state index in [-0.39, 0.29) is 6.10 Å². The summed E-state index contributed by atoms with van der Waals surface area (Å²) in [5.41, 5.74) is 3.70. The number of hydrogen-bond acceptors (Lipinski definition) is 2. The van der Waals surface area contributed by atoms with Gasteiger partial charge in [0.25, 0.3) is 0 Å². The van der Waals surface area contributed by atoms with Gasteiger partial charge in [0.1, 0.15) is 6.10 Å². The molecular formula is C14H17NO. The van der Waals surface area contributed by atoms with Gasteiger partial charge >= 0.3 is 0 Å². The zero-order chi connectivity index (χ0) is 11.5. The van der Waals surface area contributed by atoms with Gasteiger partial charge in [-0.05, 0) is 11.6 Å². The molecule has 2 aliphatic rings. The summed E-state index contributed by atoms with van der Waals surface area (Å²) in [7, 11) is 5.86. The van der Waals surface area contributed by atoms with E-state index in [2.05, 4.69) is 55.5 Å². The molecule has 0 saturated heterocycles. The standard InChI is InChI=1S/C14H17NO/c1-15(2)13-9-6-8-11(13)12-7-4-5-10-14(12)16-3/h4-10,14H,1-3H3. The van der Waals surface area contributed by atoms with Crippen LogP contribution in [0, 0.1) is 0 Å². The Hall–Kier alpha value is -1.54. The highest BCUT2D eigenvalue weighted by molar-refractivity contribution is 5.55. The maximum Gasteiger partial charge on any atom is 0.101 e. The molecule has 1 unspecified atom stereocenters. The van der Waals surface area contributed by atoms with Crippen LogP contribution >= 0.6 is 0 Å². The molecule has 2 rings (SSSR count). The first-order chi connectivity index (χ1) is 7.74. The van der Waals surface area contributed by atoms with E-state index in [9.17, 15) is 0 Å². The number of ether oxygens (including phenoxy) is 1. The largest absolute Gasteiger partial charge is 0.377 e. The SMILES string of the molecule is COC1C=CC=CC1=C1C=CC=C1N(C)C. The van der Waals surface area contributed by atoms with Crippen LogP contribution in [0.5, 0.6) is 0 Å². The quantitative estimate of drug-likeness (QED) is 0.701. The Labute approximate surface area is 96.9 Å². The zero-order valence-electron chi connectivity index (χ0n) is 9.97. The lowest BCUT2D eigenvalue weighted by atomic mass is 9.97. The molecule has 0 aromatic rings. The van der Waals surface area contributed by atoms with Gasteiger partial charge in [-0.2, -0.15) is 0 Å². The van der Waals surface area contributed by atoms with E-state index in [0.29, 0.717) is 0 Å². The molecule has 0 heterocycles. The number of nitrogens with zero attached hydrogens (tertiary/aromatic N) is 1. The van der Waals surface area contributed by atoms with E-state index >= 15 is 0 Å². The van der Waals surface area contributed by atoms with E-state index < -0.39 is 0 Å². The van der Waals surface area contributed by atoms with Crippen molar-refractivity contribution in [3.05, 3.63) is 59.4 Å². The van der Waals surface area contributed by atoms with E-state index in [1.165, 1.54) is 16.8 Å². The predicted octanol–water partition coefficient (Wildman–Crippen LogP) is 2.44. The van der Waals surface area contributed by atoms with E-state index in [1.54, 1.807) is 7.11 Å². The molecule has 0 amide bonds. The molecule has 0 spiro atoms. The van der Waals surface area contributed by atoms with Crippen molar-refractivity contribution in [3.8, 4) is 0 Å². The van der Waals surface area contributed by atoms with Crippen molar-refractivity contribution in [1.29, 1.82) is 0 Å². The van der Waals surface area contributed by atoms with Gasteiger partial charge in [0, 0.05) is 32.5 Å². The lowest BCUT2D eigenvalue weighted by Crippen LogP contribution is -2.17. The van der Waals surface area contributed by atoms with Crippen LogP contribution in [-0.4, -0.2) is 32.2 Å². The Kier molecular flexibility index (Phi) is 3.11. The summed E-state index contributed by atoms with van der Waals surface area (Å²) >= 11 is 0. The Morgan fingerprint density at radius 1 is 1.12 bits per heavy atom. The van der Waals surface area contributed by atoms with Crippen LogP contribution in [0.3, 0.4) is 0 Å². The fourth-order valence-corrected chi connectivity index (χ4v) is 2.02. The van der Waals surface area contributed by atoms with Gasteiger partial charge in [-0.1, -0.05) is 36.5 Å². The third-order valence-corrected chi connectivity index (χ3v) is 2.82. The smallest absolute Gasteiger partial charge is 0.101 e. The van der Waals surface area contributed by atoms with Gasteiger partial charge in [-0.25, -0.2) is 0 Å². The monoisotopic (exact) mass is 215 g/mol. The maximum atomic E-state index is 5.47. The topological polar surface area (TPSA) is 12.5 Å². The molecule has 2 aliphatic carbocycles. The first-order valence-electron chi connectivity index (χ1n) is 5.42. The van der Waals surface area contributed by atoms with Gasteiger partial charge in [0.05, 0.1) is 0 Å². The Morgan fingerprint density at radius 2 is 1.94 bits per heavy atom. The number of rotatable bonds is 2. The Morgan fingerprint density at radius 3 is 2.62 bits per heavy atom. The molecule has 0 aromatic carbocycles. The number of methoxy groups -OCH3 is 1. The van der Waals surface area contributed by atoms with Crippen molar-refractivity contribution >= 4 is 0 Å². The highest BCUT2D eigenvalue weighted by Gasteiger charge is 2.19. The van der Waals surface area contributed by atoms with Crippen LogP contribution in [0.25, 0.3) is 0 Å². The molecule has 0 aromatic heterocycles. The van der Waals surface area contributed by atoms with Gasteiger partial charge in [-0.15, -0.1) is 0 Å². The third-order valence-electron chi connectivity index (χ3n) is 2.82. The average Bonchev–Trinajstić information content (AvgIpc) is 2.77. The van der Waals surface area contributed by atoms with Gasteiger partial charge in [-0.3, -0.25) is 0 Å². The fraction of sp³-hybridized carbons (Fsp3) is 0.286. The summed E-state index contributed by atoms with van der Waals surface area (Å²) in [5, 5.41) is 0. The van der Waals surface area contributed by atoms with Crippen molar-refractivity contribution in [3.63, 3.8) is 0 Å². The van der Waals surface area contributed by atoms with Crippen molar-refractivity contribution in [1.82, 2.24) is 4.90 Å². The highest BCUT2D eigenvalue weighted by Crippen LogP contribution is 2.28. The molecular weight excluding hydrogens is 198 g/mol. The van der Waals surface area contributed by atoms with Crippen LogP contribution in [0.15, 0.2) is 59.4 Å². The minimum absolute atomic E-state index is 0.0612. The maximum absolute atomic E-state index is 5.47. The summed E-state index contributed by atoms with van der Waals surface area (Å²) < 4.78 is 5.47. The molecule has 0 radical (unpaired) electrons. The van der Waals surface area contributed by atoms with Crippen LogP contribution in [0.2, 0.25) is 0 Å². The molecule has 2 nitrogen and oxygen atoms in total. The molecule has 2 heteroatoms. The predicted molar refractivity (Wildman–Crippen MR) is 67.0 cm³/mol. The first kappa shape index (κ1) is 11.0. The molecule has 84 valence electrons. The van der Waals surface area contributed by atoms with Crippen molar-refractivity contribution < 1.29 is 4.74 Å². The number of hydrogen-bond donors (Lipinski definition) is 0. The number of allylic oxidation sites excluding steroid dienone is 5. The average molecular weight is 215 g/mol. The summed E-state index contributed by atoms with van der Waals surface area (Å²) in [4.78, 5) is 2.13. The molecule has 1 atom stereocenters. The summed E-state index contributed by atoms with van der Waals surface area (Å²) in [6, 6.07) is 0. The van der Waals surface area contributed by atoms with E-state index in [4.69, 9.17) is 4.74 Å². The van der Waals surface area contributed by atoms with E-state index in [0.717, 1.165) is 0 Å². The number of likely N-dealkylation sites (N-methyl/N-ethyl adjacent to an activating group) is 1. The second-order valence-corrected chi connectivity index (χ2v) is 4.07. The van der Waals surface area contributed by atoms with Gasteiger partial charge in [0.15, 0.2) is 0 Å². The Balaban J connectivity index is 2.41. The van der Waals surface area contributed by atoms with Crippen LogP contribution in [0.4, 0.5) is 0 Å². The van der Waals surface area contributed by atoms with Crippen molar-refractivity contribution in [2.75, 3.05) is 21.2 Å². The zero-order valence-corrected chi connectivity index (χ0v) is 9.97. The van der Waals surface area contributed by atoms with Crippen LogP contribution in [0.1, 0.15) is 0 Å². The summed E-state index contributed by atoms with van der Waals surface area (Å²) in [5.74, 6) is 0. The summed E-state index contributed by atoms with van der Waals surface area (Å²) in [6.07, 6.45) is 14.7. The van der Waals surface area contributed by atoms with Crippen molar-refractivity contribution in [2.45, 2.75) is 6.10 Å². The minimum Gasteiger partial charge on any atom is -0.377 e. The van der Waals surface area contributed by atoms with E-state index in [1.807, 2.05) is 6.08 Å². The van der Waals surface area contributed by atoms with Crippen LogP contribution < -0.4 is 0 Å². The Bertz CT molecular complexity index is 422. The van der Waals surface area contributed by atoms with Gasteiger partial charge in [0.2, 0.25) is 0 Å². The second-order valence-electron chi connectivity index (χ2n) is 4.07. The molecule has 0 saturated carbocycles. The minimum atomic E-state index is 0.0612. The third kappa shape index (κ3) is 1.89. The first-order valence-corrected chi connectivity index (χ1v) is 5.42. The second kappa shape index (κ2) is 4.54.